The summed E-state index contributed by atoms with van der Waals surface area (Å²) < 4.78 is 6.16. The van der Waals surface area contributed by atoms with Gasteiger partial charge >= 0.3 is 0 Å². The second-order valence-electron chi connectivity index (χ2n) is 4.30. The molecule has 0 aromatic heterocycles. The number of rotatable bonds is 5. The number of hydrogen-bond acceptors (Lipinski definition) is 3. The molecule has 0 aliphatic heterocycles. The Labute approximate surface area is 137 Å². The fourth-order valence-corrected chi connectivity index (χ4v) is 2.24. The highest BCUT2D eigenvalue weighted by Gasteiger charge is 2.06. The van der Waals surface area contributed by atoms with Crippen LogP contribution in [0, 0.1) is 3.57 Å². The lowest BCUT2D eigenvalue weighted by Gasteiger charge is -2.11. The summed E-state index contributed by atoms with van der Waals surface area (Å²) in [7, 11) is 1.59. The van der Waals surface area contributed by atoms with E-state index >= 15 is 0 Å². The lowest BCUT2D eigenvalue weighted by atomic mass is 10.2. The summed E-state index contributed by atoms with van der Waals surface area (Å²) in [5, 5.41) is 0. The maximum absolute atomic E-state index is 12.0. The van der Waals surface area contributed by atoms with Crippen LogP contribution < -0.4 is 15.6 Å². The fraction of sp³-hybridized carbons (Fsp3) is 0.0625. The molecule has 0 fully saturated rings. The molecule has 0 saturated carbocycles. The minimum Gasteiger partial charge on any atom is -0.497 e. The smallest absolute Gasteiger partial charge is 0.269 e. The van der Waals surface area contributed by atoms with Crippen LogP contribution in [0.3, 0.4) is 0 Å². The third-order valence-electron chi connectivity index (χ3n) is 2.85. The van der Waals surface area contributed by atoms with E-state index in [-0.39, 0.29) is 5.91 Å². The van der Waals surface area contributed by atoms with Crippen LogP contribution >= 0.6 is 22.6 Å². The Hall–Kier alpha value is -2.02. The van der Waals surface area contributed by atoms with Gasteiger partial charge in [0, 0.05) is 9.13 Å². The van der Waals surface area contributed by atoms with Crippen molar-refractivity contribution in [1.82, 2.24) is 10.9 Å². The summed E-state index contributed by atoms with van der Waals surface area (Å²) in [6.45, 7) is 3.91. The number of hydrazine groups is 1. The van der Waals surface area contributed by atoms with Crippen molar-refractivity contribution < 1.29 is 9.53 Å². The number of benzene rings is 2. The third-order valence-corrected chi connectivity index (χ3v) is 3.52. The quantitative estimate of drug-likeness (QED) is 0.605. The van der Waals surface area contributed by atoms with Crippen molar-refractivity contribution >= 4 is 34.2 Å². The molecule has 2 rings (SSSR count). The summed E-state index contributed by atoms with van der Waals surface area (Å²) in [5.41, 5.74) is 7.55. The Morgan fingerprint density at radius 3 is 2.43 bits per heavy atom. The summed E-state index contributed by atoms with van der Waals surface area (Å²) in [6, 6.07) is 14.7. The van der Waals surface area contributed by atoms with Crippen LogP contribution in [0.1, 0.15) is 15.9 Å². The van der Waals surface area contributed by atoms with Crippen LogP contribution in [-0.4, -0.2) is 13.0 Å². The number of amides is 1. The van der Waals surface area contributed by atoms with Gasteiger partial charge in [-0.15, -0.1) is 0 Å². The average Bonchev–Trinajstić information content (AvgIpc) is 2.52. The number of ether oxygens (including phenoxy) is 1. The molecule has 0 bridgehead atoms. The van der Waals surface area contributed by atoms with E-state index in [1.807, 2.05) is 24.3 Å². The first-order valence-electron chi connectivity index (χ1n) is 6.25. The minimum atomic E-state index is -0.232. The number of halogens is 1. The highest BCUT2D eigenvalue weighted by molar-refractivity contribution is 14.1. The molecule has 0 aliphatic carbocycles. The number of methoxy groups -OCH3 is 1. The van der Waals surface area contributed by atoms with Gasteiger partial charge in [0.25, 0.3) is 5.91 Å². The fourth-order valence-electron chi connectivity index (χ4n) is 1.70. The molecule has 0 unspecified atom stereocenters. The second-order valence-corrected chi connectivity index (χ2v) is 5.54. The number of hydrogen-bond donors (Lipinski definition) is 2. The first-order chi connectivity index (χ1) is 10.1. The van der Waals surface area contributed by atoms with Gasteiger partial charge in [-0.25, -0.2) is 0 Å². The van der Waals surface area contributed by atoms with Gasteiger partial charge in [-0.3, -0.25) is 15.6 Å². The van der Waals surface area contributed by atoms with E-state index in [1.54, 1.807) is 31.4 Å². The lowest BCUT2D eigenvalue weighted by Crippen LogP contribution is -2.35. The molecule has 21 heavy (non-hydrogen) atoms. The van der Waals surface area contributed by atoms with E-state index < -0.39 is 0 Å². The molecule has 2 N–H and O–H groups in total. The van der Waals surface area contributed by atoms with Crippen LogP contribution in [0.2, 0.25) is 0 Å². The van der Waals surface area contributed by atoms with E-state index in [1.165, 1.54) is 0 Å². The molecule has 0 heterocycles. The maximum Gasteiger partial charge on any atom is 0.269 e. The van der Waals surface area contributed by atoms with Gasteiger partial charge in [-0.05, 0) is 64.6 Å². The van der Waals surface area contributed by atoms with E-state index in [0.717, 1.165) is 9.13 Å². The molecule has 2 aromatic rings. The first kappa shape index (κ1) is 15.4. The highest BCUT2D eigenvalue weighted by Crippen LogP contribution is 2.13. The van der Waals surface area contributed by atoms with Crippen molar-refractivity contribution in [1.29, 1.82) is 0 Å². The third kappa shape index (κ3) is 4.22. The molecular formula is C16H15IN2O2. The van der Waals surface area contributed by atoms with Gasteiger partial charge < -0.3 is 4.74 Å². The van der Waals surface area contributed by atoms with Crippen LogP contribution in [0.25, 0.3) is 5.70 Å². The van der Waals surface area contributed by atoms with Gasteiger partial charge in [-0.1, -0.05) is 18.7 Å². The standard InChI is InChI=1S/C16H15IN2O2/c1-11(13-4-3-5-14(17)10-13)18-19-16(20)12-6-8-15(21-2)9-7-12/h3-10,18H,1H2,2H3,(H,19,20). The van der Waals surface area contributed by atoms with Gasteiger partial charge in [-0.2, -0.15) is 0 Å². The Bertz CT molecular complexity index is 654. The molecule has 0 aliphatic rings. The molecule has 4 nitrogen and oxygen atoms in total. The molecular weight excluding hydrogens is 379 g/mol. The van der Waals surface area contributed by atoms with Crippen molar-refractivity contribution in [3.8, 4) is 5.75 Å². The van der Waals surface area contributed by atoms with Crippen molar-refractivity contribution in [2.24, 2.45) is 0 Å². The topological polar surface area (TPSA) is 50.4 Å². The molecule has 108 valence electrons. The predicted molar refractivity (Wildman–Crippen MR) is 91.8 cm³/mol. The normalized spacial score (nSPS) is 9.81. The van der Waals surface area contributed by atoms with E-state index in [9.17, 15) is 4.79 Å². The van der Waals surface area contributed by atoms with Crippen LogP contribution in [-0.2, 0) is 0 Å². The molecule has 0 spiro atoms. The predicted octanol–water partition coefficient (Wildman–Crippen LogP) is 3.21. The zero-order chi connectivity index (χ0) is 15.2. The average molecular weight is 394 g/mol. The van der Waals surface area contributed by atoms with E-state index in [2.05, 4.69) is 40.0 Å². The summed E-state index contributed by atoms with van der Waals surface area (Å²) in [5.74, 6) is 0.479. The van der Waals surface area contributed by atoms with Crippen molar-refractivity contribution in [2.45, 2.75) is 0 Å². The van der Waals surface area contributed by atoms with Gasteiger partial charge in [0.2, 0.25) is 0 Å². The molecule has 0 saturated heterocycles. The molecule has 1 amide bonds. The zero-order valence-corrected chi connectivity index (χ0v) is 13.7. The Morgan fingerprint density at radius 2 is 1.81 bits per heavy atom. The van der Waals surface area contributed by atoms with Crippen molar-refractivity contribution in [2.75, 3.05) is 7.11 Å². The van der Waals surface area contributed by atoms with Crippen LogP contribution in [0.5, 0.6) is 5.75 Å². The first-order valence-corrected chi connectivity index (χ1v) is 7.33. The molecule has 2 aromatic carbocycles. The molecule has 5 heteroatoms. The number of carbonyl (C=O) groups is 1. The van der Waals surface area contributed by atoms with E-state index in [4.69, 9.17) is 4.74 Å². The van der Waals surface area contributed by atoms with Crippen molar-refractivity contribution in [3.05, 3.63) is 69.8 Å². The SMILES string of the molecule is C=C(NNC(=O)c1ccc(OC)cc1)c1cccc(I)c1. The van der Waals surface area contributed by atoms with Crippen molar-refractivity contribution in [3.63, 3.8) is 0 Å². The van der Waals surface area contributed by atoms with Crippen LogP contribution in [0.15, 0.2) is 55.1 Å². The van der Waals surface area contributed by atoms with E-state index in [0.29, 0.717) is 17.0 Å². The van der Waals surface area contributed by atoms with Gasteiger partial charge in [0.15, 0.2) is 0 Å². The Balaban J connectivity index is 1.95. The lowest BCUT2D eigenvalue weighted by molar-refractivity contribution is 0.0942. The largest absolute Gasteiger partial charge is 0.497 e. The van der Waals surface area contributed by atoms with Gasteiger partial charge in [0.05, 0.1) is 12.8 Å². The van der Waals surface area contributed by atoms with Crippen LogP contribution in [0.4, 0.5) is 0 Å². The monoisotopic (exact) mass is 394 g/mol. The Kier molecular flexibility index (Phi) is 5.21. The summed E-state index contributed by atoms with van der Waals surface area (Å²) in [6.07, 6.45) is 0. The molecule has 0 radical (unpaired) electrons. The van der Waals surface area contributed by atoms with Gasteiger partial charge in [0.1, 0.15) is 5.75 Å². The minimum absolute atomic E-state index is 0.232. The molecule has 0 atom stereocenters. The highest BCUT2D eigenvalue weighted by atomic mass is 127. The number of carbonyl (C=O) groups excluding carboxylic acids is 1. The number of nitrogens with one attached hydrogen (secondary N) is 2. The summed E-state index contributed by atoms with van der Waals surface area (Å²) >= 11 is 2.23. The zero-order valence-electron chi connectivity index (χ0n) is 11.5. The Morgan fingerprint density at radius 1 is 1.10 bits per heavy atom. The maximum atomic E-state index is 12.0. The summed E-state index contributed by atoms with van der Waals surface area (Å²) in [4.78, 5) is 12.0. The second kappa shape index (κ2) is 7.12.